The van der Waals surface area contributed by atoms with E-state index in [1.165, 1.54) is 0 Å². The van der Waals surface area contributed by atoms with Crippen molar-refractivity contribution in [2.75, 3.05) is 0 Å². The third kappa shape index (κ3) is 2.24. The maximum atomic E-state index is 11.7. The molecule has 4 nitrogen and oxygen atoms in total. The van der Waals surface area contributed by atoms with Crippen LogP contribution in [0.4, 0.5) is 0 Å². The number of hydrogen-bond acceptors (Lipinski definition) is 2. The molecule has 0 spiro atoms. The first-order chi connectivity index (χ1) is 7.70. The van der Waals surface area contributed by atoms with Crippen LogP contribution in [0.3, 0.4) is 0 Å². The summed E-state index contributed by atoms with van der Waals surface area (Å²) in [4.78, 5) is 11.7. The number of aromatic nitrogens is 3. The van der Waals surface area contributed by atoms with Crippen molar-refractivity contribution in [3.8, 4) is 0 Å². The minimum Gasteiger partial charge on any atom is -0.310 e. The molecule has 16 heavy (non-hydrogen) atoms. The molecule has 0 aliphatic heterocycles. The fourth-order valence-corrected chi connectivity index (χ4v) is 1.87. The first-order valence-corrected chi connectivity index (χ1v) is 5.86. The first-order valence-electron chi connectivity index (χ1n) is 5.07. The van der Waals surface area contributed by atoms with E-state index < -0.39 is 0 Å². The van der Waals surface area contributed by atoms with Gasteiger partial charge in [-0.25, -0.2) is 0 Å². The third-order valence-corrected chi connectivity index (χ3v) is 2.94. The lowest BCUT2D eigenvalue weighted by Gasteiger charge is -2.03. The summed E-state index contributed by atoms with van der Waals surface area (Å²) in [6.07, 6.45) is 5.51. The van der Waals surface area contributed by atoms with E-state index in [1.807, 2.05) is 23.9 Å². The normalized spacial score (nSPS) is 10.6. The van der Waals surface area contributed by atoms with Gasteiger partial charge in [0.1, 0.15) is 0 Å². The van der Waals surface area contributed by atoms with Gasteiger partial charge in [-0.15, -0.1) is 0 Å². The standard InChI is InChI=1S/C11H12BrN3O/c1-2-15-8-9(6-13-15)7-14-5-3-4-10(12)11(14)16/h3-6,8H,2,7H2,1H3. The Hall–Kier alpha value is -1.36. The lowest BCUT2D eigenvalue weighted by Crippen LogP contribution is -2.19. The van der Waals surface area contributed by atoms with Crippen molar-refractivity contribution >= 4 is 15.9 Å². The minimum absolute atomic E-state index is 0.0215. The largest absolute Gasteiger partial charge is 0.310 e. The number of rotatable bonds is 3. The molecule has 2 rings (SSSR count). The summed E-state index contributed by atoms with van der Waals surface area (Å²) in [6, 6.07) is 3.59. The van der Waals surface area contributed by atoms with Crippen molar-refractivity contribution in [2.45, 2.75) is 20.0 Å². The van der Waals surface area contributed by atoms with Gasteiger partial charge in [0, 0.05) is 24.5 Å². The highest BCUT2D eigenvalue weighted by Crippen LogP contribution is 2.04. The van der Waals surface area contributed by atoms with Crippen LogP contribution in [0, 0.1) is 0 Å². The molecule has 84 valence electrons. The maximum Gasteiger partial charge on any atom is 0.265 e. The molecule has 2 aromatic heterocycles. The van der Waals surface area contributed by atoms with Crippen LogP contribution in [0.1, 0.15) is 12.5 Å². The quantitative estimate of drug-likeness (QED) is 0.862. The highest BCUT2D eigenvalue weighted by atomic mass is 79.9. The Balaban J connectivity index is 2.27. The minimum atomic E-state index is -0.0215. The van der Waals surface area contributed by atoms with Gasteiger partial charge in [0.15, 0.2) is 0 Å². The smallest absolute Gasteiger partial charge is 0.265 e. The molecule has 0 aromatic carbocycles. The summed E-state index contributed by atoms with van der Waals surface area (Å²) in [5.74, 6) is 0. The van der Waals surface area contributed by atoms with Crippen molar-refractivity contribution in [1.82, 2.24) is 14.3 Å². The van der Waals surface area contributed by atoms with E-state index in [1.54, 1.807) is 23.0 Å². The fourth-order valence-electron chi connectivity index (χ4n) is 1.49. The van der Waals surface area contributed by atoms with Crippen LogP contribution in [-0.2, 0) is 13.1 Å². The first kappa shape index (κ1) is 11.1. The van der Waals surface area contributed by atoms with Crippen molar-refractivity contribution in [3.05, 3.63) is 51.1 Å². The average molecular weight is 282 g/mol. The van der Waals surface area contributed by atoms with E-state index in [0.717, 1.165) is 12.1 Å². The van der Waals surface area contributed by atoms with Crippen LogP contribution in [0.5, 0.6) is 0 Å². The SMILES string of the molecule is CCn1cc(Cn2cccc(Br)c2=O)cn1. The van der Waals surface area contributed by atoms with E-state index in [2.05, 4.69) is 21.0 Å². The molecular formula is C11H12BrN3O. The molecule has 0 bridgehead atoms. The fraction of sp³-hybridized carbons (Fsp3) is 0.273. The number of aryl methyl sites for hydroxylation is 1. The lowest BCUT2D eigenvalue weighted by molar-refractivity contribution is 0.658. The summed E-state index contributed by atoms with van der Waals surface area (Å²) in [5, 5.41) is 4.17. The van der Waals surface area contributed by atoms with E-state index in [0.29, 0.717) is 11.0 Å². The van der Waals surface area contributed by atoms with E-state index >= 15 is 0 Å². The van der Waals surface area contributed by atoms with Gasteiger partial charge >= 0.3 is 0 Å². The van der Waals surface area contributed by atoms with Crippen LogP contribution < -0.4 is 5.56 Å². The summed E-state index contributed by atoms with van der Waals surface area (Å²) in [5.41, 5.74) is 1.01. The van der Waals surface area contributed by atoms with Crippen LogP contribution in [0.25, 0.3) is 0 Å². The van der Waals surface area contributed by atoms with E-state index in [-0.39, 0.29) is 5.56 Å². The summed E-state index contributed by atoms with van der Waals surface area (Å²) < 4.78 is 4.08. The van der Waals surface area contributed by atoms with Gasteiger partial charge in [-0.2, -0.15) is 5.10 Å². The summed E-state index contributed by atoms with van der Waals surface area (Å²) in [7, 11) is 0. The Bertz CT molecular complexity index is 544. The topological polar surface area (TPSA) is 39.8 Å². The van der Waals surface area contributed by atoms with Crippen LogP contribution in [-0.4, -0.2) is 14.3 Å². The highest BCUT2D eigenvalue weighted by molar-refractivity contribution is 9.10. The van der Waals surface area contributed by atoms with Crippen molar-refractivity contribution < 1.29 is 0 Å². The Morgan fingerprint density at radius 1 is 1.50 bits per heavy atom. The number of pyridine rings is 1. The Kier molecular flexibility index (Phi) is 3.24. The van der Waals surface area contributed by atoms with E-state index in [4.69, 9.17) is 0 Å². The molecule has 0 aliphatic carbocycles. The molecule has 0 aliphatic rings. The van der Waals surface area contributed by atoms with Gasteiger partial charge in [-0.3, -0.25) is 9.48 Å². The van der Waals surface area contributed by atoms with Gasteiger partial charge < -0.3 is 4.57 Å². The molecule has 0 radical (unpaired) electrons. The molecule has 0 saturated heterocycles. The van der Waals surface area contributed by atoms with Crippen LogP contribution >= 0.6 is 15.9 Å². The number of nitrogens with zero attached hydrogens (tertiary/aromatic N) is 3. The molecule has 5 heteroatoms. The molecule has 0 amide bonds. The predicted molar refractivity (Wildman–Crippen MR) is 65.4 cm³/mol. The monoisotopic (exact) mass is 281 g/mol. The molecule has 0 fully saturated rings. The molecular weight excluding hydrogens is 270 g/mol. The Morgan fingerprint density at radius 3 is 3.00 bits per heavy atom. The van der Waals surface area contributed by atoms with Crippen LogP contribution in [0.2, 0.25) is 0 Å². The Labute approximate surface area is 102 Å². The van der Waals surface area contributed by atoms with Crippen molar-refractivity contribution in [3.63, 3.8) is 0 Å². The maximum absolute atomic E-state index is 11.7. The zero-order valence-corrected chi connectivity index (χ0v) is 10.5. The van der Waals surface area contributed by atoms with Gasteiger partial charge in [-0.1, -0.05) is 0 Å². The van der Waals surface area contributed by atoms with Crippen molar-refractivity contribution in [2.24, 2.45) is 0 Å². The average Bonchev–Trinajstić information content (AvgIpc) is 2.73. The number of hydrogen-bond donors (Lipinski definition) is 0. The van der Waals surface area contributed by atoms with E-state index in [9.17, 15) is 4.79 Å². The molecule has 0 unspecified atom stereocenters. The second-order valence-corrected chi connectivity index (χ2v) is 4.35. The second-order valence-electron chi connectivity index (χ2n) is 3.49. The highest BCUT2D eigenvalue weighted by Gasteiger charge is 2.02. The molecule has 0 N–H and O–H groups in total. The van der Waals surface area contributed by atoms with Crippen molar-refractivity contribution in [1.29, 1.82) is 0 Å². The Morgan fingerprint density at radius 2 is 2.31 bits per heavy atom. The van der Waals surface area contributed by atoms with Gasteiger partial charge in [0.25, 0.3) is 5.56 Å². The van der Waals surface area contributed by atoms with Gasteiger partial charge in [-0.05, 0) is 35.0 Å². The number of halogens is 1. The molecule has 2 aromatic rings. The molecule has 2 heterocycles. The lowest BCUT2D eigenvalue weighted by atomic mass is 10.3. The molecule has 0 saturated carbocycles. The van der Waals surface area contributed by atoms with Gasteiger partial charge in [0.2, 0.25) is 0 Å². The summed E-state index contributed by atoms with van der Waals surface area (Å²) in [6.45, 7) is 3.42. The van der Waals surface area contributed by atoms with Crippen LogP contribution in [0.15, 0.2) is 40.0 Å². The predicted octanol–water partition coefficient (Wildman–Crippen LogP) is 1.88. The molecule has 0 atom stereocenters. The summed E-state index contributed by atoms with van der Waals surface area (Å²) >= 11 is 3.22. The van der Waals surface area contributed by atoms with Gasteiger partial charge in [0.05, 0.1) is 17.2 Å². The zero-order valence-electron chi connectivity index (χ0n) is 8.93. The third-order valence-electron chi connectivity index (χ3n) is 2.34. The zero-order chi connectivity index (χ0) is 11.5. The second kappa shape index (κ2) is 4.65.